The second-order valence-corrected chi connectivity index (χ2v) is 5.12. The van der Waals surface area contributed by atoms with Crippen LogP contribution in [0.3, 0.4) is 0 Å². The van der Waals surface area contributed by atoms with Gasteiger partial charge in [0.25, 0.3) is 0 Å². The van der Waals surface area contributed by atoms with E-state index in [1.807, 2.05) is 12.1 Å². The minimum Gasteiger partial charge on any atom is -0.354 e. The maximum Gasteiger partial charge on any atom is 0.0528 e. The van der Waals surface area contributed by atoms with Gasteiger partial charge in [-0.3, -0.25) is 0 Å². The zero-order valence-corrected chi connectivity index (χ0v) is 12.4. The highest BCUT2D eigenvalue weighted by molar-refractivity contribution is 9.10. The van der Waals surface area contributed by atoms with Crippen molar-refractivity contribution < 1.29 is 0 Å². The molecule has 0 aliphatic heterocycles. The molecule has 2 rings (SSSR count). The lowest BCUT2D eigenvalue weighted by molar-refractivity contribution is 1.09. The van der Waals surface area contributed by atoms with E-state index in [9.17, 15) is 0 Å². The first-order chi connectivity index (χ1) is 8.76. The smallest absolute Gasteiger partial charge is 0.0528 e. The molecule has 0 unspecified atom stereocenters. The molecule has 0 saturated heterocycles. The molecule has 0 bridgehead atoms. The molecule has 0 heterocycles. The number of rotatable bonds is 4. The number of aryl methyl sites for hydroxylation is 2. The van der Waals surface area contributed by atoms with E-state index < -0.39 is 0 Å². The zero-order chi connectivity index (χ0) is 13.0. The Kier molecular flexibility index (Phi) is 4.43. The highest BCUT2D eigenvalue weighted by Crippen LogP contribution is 2.30. The summed E-state index contributed by atoms with van der Waals surface area (Å²) in [5, 5.41) is 3.56. The minimum absolute atomic E-state index is 1.04. The Hall–Kier alpha value is -1.28. The monoisotopic (exact) mass is 303 g/mol. The molecule has 0 aliphatic rings. The van der Waals surface area contributed by atoms with Crippen LogP contribution in [0.15, 0.2) is 46.9 Å². The number of benzene rings is 2. The average Bonchev–Trinajstić information content (AvgIpc) is 2.41. The fourth-order valence-corrected chi connectivity index (χ4v) is 2.48. The lowest BCUT2D eigenvalue weighted by Gasteiger charge is -2.16. The van der Waals surface area contributed by atoms with Crippen LogP contribution >= 0.6 is 15.9 Å². The fourth-order valence-electron chi connectivity index (χ4n) is 2.10. The van der Waals surface area contributed by atoms with E-state index in [0.717, 1.165) is 23.0 Å². The maximum atomic E-state index is 3.58. The van der Waals surface area contributed by atoms with Crippen molar-refractivity contribution in [3.63, 3.8) is 0 Å². The molecule has 18 heavy (non-hydrogen) atoms. The Morgan fingerprint density at radius 3 is 2.06 bits per heavy atom. The summed E-state index contributed by atoms with van der Waals surface area (Å²) < 4.78 is 1.10. The summed E-state index contributed by atoms with van der Waals surface area (Å²) in [6.45, 7) is 4.39. The number of anilines is 2. The van der Waals surface area contributed by atoms with Gasteiger partial charge in [-0.15, -0.1) is 0 Å². The average molecular weight is 304 g/mol. The Balaban J connectivity index is 2.42. The molecular formula is C16H18BrN. The van der Waals surface area contributed by atoms with E-state index in [1.165, 1.54) is 16.8 Å². The van der Waals surface area contributed by atoms with Gasteiger partial charge in [0.1, 0.15) is 0 Å². The van der Waals surface area contributed by atoms with Gasteiger partial charge in [0, 0.05) is 10.2 Å². The first-order valence-corrected chi connectivity index (χ1v) is 7.17. The van der Waals surface area contributed by atoms with Crippen LogP contribution in [0.4, 0.5) is 11.4 Å². The summed E-state index contributed by atoms with van der Waals surface area (Å²) in [6, 6.07) is 14.8. The number of para-hydroxylation sites is 2. The molecule has 0 radical (unpaired) electrons. The van der Waals surface area contributed by atoms with Gasteiger partial charge < -0.3 is 5.32 Å². The van der Waals surface area contributed by atoms with Gasteiger partial charge in [0.05, 0.1) is 5.69 Å². The molecule has 94 valence electrons. The van der Waals surface area contributed by atoms with Crippen molar-refractivity contribution in [3.8, 4) is 0 Å². The molecule has 2 heteroatoms. The van der Waals surface area contributed by atoms with Gasteiger partial charge in [-0.2, -0.15) is 0 Å². The van der Waals surface area contributed by atoms with Crippen LogP contribution in [0, 0.1) is 0 Å². The Bertz CT molecular complexity index is 512. The van der Waals surface area contributed by atoms with E-state index in [2.05, 4.69) is 65.4 Å². The van der Waals surface area contributed by atoms with Gasteiger partial charge in [-0.05, 0) is 52.0 Å². The van der Waals surface area contributed by atoms with Crippen molar-refractivity contribution in [2.75, 3.05) is 5.32 Å². The Morgan fingerprint density at radius 2 is 1.50 bits per heavy atom. The molecule has 0 amide bonds. The van der Waals surface area contributed by atoms with Gasteiger partial charge in [0.15, 0.2) is 0 Å². The van der Waals surface area contributed by atoms with Crippen molar-refractivity contribution >= 4 is 27.3 Å². The second kappa shape index (κ2) is 6.05. The molecule has 0 fully saturated rings. The van der Waals surface area contributed by atoms with Gasteiger partial charge in [-0.1, -0.05) is 44.2 Å². The molecule has 1 N–H and O–H groups in total. The lowest BCUT2D eigenvalue weighted by Crippen LogP contribution is -2.00. The Morgan fingerprint density at radius 1 is 0.889 bits per heavy atom. The van der Waals surface area contributed by atoms with E-state index >= 15 is 0 Å². The number of hydrogen-bond donors (Lipinski definition) is 1. The number of nitrogens with one attached hydrogen (secondary N) is 1. The first kappa shape index (κ1) is 13.2. The van der Waals surface area contributed by atoms with Gasteiger partial charge in [-0.25, -0.2) is 0 Å². The zero-order valence-electron chi connectivity index (χ0n) is 10.8. The summed E-state index contributed by atoms with van der Waals surface area (Å²) in [5.41, 5.74) is 5.11. The molecule has 0 atom stereocenters. The normalized spacial score (nSPS) is 10.4. The summed E-state index contributed by atoms with van der Waals surface area (Å²) in [4.78, 5) is 0. The van der Waals surface area contributed by atoms with E-state index in [-0.39, 0.29) is 0 Å². The minimum atomic E-state index is 1.04. The SMILES string of the molecule is CCc1cccc(CC)c1Nc1ccccc1Br. The van der Waals surface area contributed by atoms with Crippen LogP contribution in [0.25, 0.3) is 0 Å². The molecular weight excluding hydrogens is 286 g/mol. The van der Waals surface area contributed by atoms with Crippen molar-refractivity contribution in [1.29, 1.82) is 0 Å². The molecule has 1 nitrogen and oxygen atoms in total. The predicted molar refractivity (Wildman–Crippen MR) is 82.6 cm³/mol. The standard InChI is InChI=1S/C16H18BrN/c1-3-12-8-7-9-13(4-2)16(12)18-15-11-6-5-10-14(15)17/h5-11,18H,3-4H2,1-2H3. The Labute approximate surface area is 117 Å². The largest absolute Gasteiger partial charge is 0.354 e. The van der Waals surface area contributed by atoms with Crippen LogP contribution < -0.4 is 5.32 Å². The molecule has 0 spiro atoms. The van der Waals surface area contributed by atoms with Crippen LogP contribution in [0.2, 0.25) is 0 Å². The van der Waals surface area contributed by atoms with Crippen LogP contribution in [0.5, 0.6) is 0 Å². The summed E-state index contributed by atoms with van der Waals surface area (Å²) in [7, 11) is 0. The number of hydrogen-bond acceptors (Lipinski definition) is 1. The van der Waals surface area contributed by atoms with Gasteiger partial charge >= 0.3 is 0 Å². The van der Waals surface area contributed by atoms with Crippen LogP contribution in [-0.2, 0) is 12.8 Å². The third-order valence-corrected chi connectivity index (χ3v) is 3.82. The van der Waals surface area contributed by atoms with Crippen molar-refractivity contribution in [2.24, 2.45) is 0 Å². The van der Waals surface area contributed by atoms with E-state index in [4.69, 9.17) is 0 Å². The highest BCUT2D eigenvalue weighted by atomic mass is 79.9. The van der Waals surface area contributed by atoms with Crippen molar-refractivity contribution in [2.45, 2.75) is 26.7 Å². The quantitative estimate of drug-likeness (QED) is 0.806. The van der Waals surface area contributed by atoms with E-state index in [0.29, 0.717) is 0 Å². The summed E-state index contributed by atoms with van der Waals surface area (Å²) in [6.07, 6.45) is 2.08. The van der Waals surface area contributed by atoms with Gasteiger partial charge in [0.2, 0.25) is 0 Å². The van der Waals surface area contributed by atoms with Crippen molar-refractivity contribution in [1.82, 2.24) is 0 Å². The van der Waals surface area contributed by atoms with E-state index in [1.54, 1.807) is 0 Å². The molecule has 0 aliphatic carbocycles. The molecule has 0 aromatic heterocycles. The highest BCUT2D eigenvalue weighted by Gasteiger charge is 2.07. The fraction of sp³-hybridized carbons (Fsp3) is 0.250. The summed E-state index contributed by atoms with van der Waals surface area (Å²) in [5.74, 6) is 0. The van der Waals surface area contributed by atoms with Crippen LogP contribution in [-0.4, -0.2) is 0 Å². The molecule has 0 saturated carbocycles. The lowest BCUT2D eigenvalue weighted by atomic mass is 10.0. The topological polar surface area (TPSA) is 12.0 Å². The summed E-state index contributed by atoms with van der Waals surface area (Å²) >= 11 is 3.58. The van der Waals surface area contributed by atoms with Crippen molar-refractivity contribution in [3.05, 3.63) is 58.1 Å². The third kappa shape index (κ3) is 2.75. The first-order valence-electron chi connectivity index (χ1n) is 6.38. The molecule has 2 aromatic carbocycles. The third-order valence-electron chi connectivity index (χ3n) is 3.13. The second-order valence-electron chi connectivity index (χ2n) is 4.26. The van der Waals surface area contributed by atoms with Crippen LogP contribution in [0.1, 0.15) is 25.0 Å². The predicted octanol–water partition coefficient (Wildman–Crippen LogP) is 5.32. The molecule has 2 aromatic rings. The maximum absolute atomic E-state index is 3.58. The number of halogens is 1.